The summed E-state index contributed by atoms with van der Waals surface area (Å²) in [6.07, 6.45) is -2.32. The van der Waals surface area contributed by atoms with Gasteiger partial charge in [-0.1, -0.05) is 0 Å². The maximum atomic E-state index is 12.3. The summed E-state index contributed by atoms with van der Waals surface area (Å²) in [5.74, 6) is -1.30. The van der Waals surface area contributed by atoms with Gasteiger partial charge in [0.15, 0.2) is 0 Å². The SMILES string of the molecule is N[C@H](C=O)C(F)CC(=O)O. The van der Waals surface area contributed by atoms with Crippen LogP contribution in [0.5, 0.6) is 0 Å². The fraction of sp³-hybridized carbons (Fsp3) is 0.600. The van der Waals surface area contributed by atoms with E-state index in [4.69, 9.17) is 10.8 Å². The molecule has 3 N–H and O–H groups in total. The van der Waals surface area contributed by atoms with Gasteiger partial charge in [-0.3, -0.25) is 4.79 Å². The third kappa shape index (κ3) is 3.13. The van der Waals surface area contributed by atoms with Crippen molar-refractivity contribution in [3.05, 3.63) is 0 Å². The molecule has 0 aromatic rings. The van der Waals surface area contributed by atoms with Gasteiger partial charge in [0.05, 0.1) is 12.5 Å². The summed E-state index contributed by atoms with van der Waals surface area (Å²) in [6, 6.07) is -1.32. The van der Waals surface area contributed by atoms with Crippen LogP contribution >= 0.6 is 0 Å². The van der Waals surface area contributed by atoms with Gasteiger partial charge in [-0.05, 0) is 0 Å². The third-order valence-electron chi connectivity index (χ3n) is 0.944. The van der Waals surface area contributed by atoms with Crippen LogP contribution in [0.4, 0.5) is 4.39 Å². The van der Waals surface area contributed by atoms with Crippen molar-refractivity contribution < 1.29 is 19.1 Å². The molecule has 0 aliphatic carbocycles. The quantitative estimate of drug-likeness (QED) is 0.519. The first-order valence-electron chi connectivity index (χ1n) is 2.64. The van der Waals surface area contributed by atoms with Crippen LogP contribution in [0, 0.1) is 0 Å². The number of carboxylic acid groups (broad SMARTS) is 1. The van der Waals surface area contributed by atoms with Crippen molar-refractivity contribution in [2.24, 2.45) is 5.73 Å². The van der Waals surface area contributed by atoms with Crippen molar-refractivity contribution in [2.45, 2.75) is 18.6 Å². The molecule has 0 saturated heterocycles. The number of aldehydes is 1. The Balaban J connectivity index is 3.71. The maximum absolute atomic E-state index is 12.3. The van der Waals surface area contributed by atoms with Gasteiger partial charge < -0.3 is 15.6 Å². The van der Waals surface area contributed by atoms with Gasteiger partial charge >= 0.3 is 5.97 Å². The van der Waals surface area contributed by atoms with Crippen molar-refractivity contribution in [1.82, 2.24) is 0 Å². The summed E-state index contributed by atoms with van der Waals surface area (Å²) in [7, 11) is 0. The predicted molar refractivity (Wildman–Crippen MR) is 31.2 cm³/mol. The first kappa shape index (κ1) is 9.03. The number of halogens is 1. The minimum atomic E-state index is -1.78. The molecule has 0 rings (SSSR count). The Kier molecular flexibility index (Phi) is 3.56. The highest BCUT2D eigenvalue weighted by Gasteiger charge is 2.18. The summed E-state index contributed by atoms with van der Waals surface area (Å²) < 4.78 is 12.3. The number of nitrogens with two attached hydrogens (primary N) is 1. The van der Waals surface area contributed by atoms with E-state index < -0.39 is 24.6 Å². The molecule has 0 radical (unpaired) electrons. The van der Waals surface area contributed by atoms with Crippen LogP contribution in [0.15, 0.2) is 0 Å². The molecule has 5 heteroatoms. The number of alkyl halides is 1. The van der Waals surface area contributed by atoms with E-state index in [1.165, 1.54) is 0 Å². The van der Waals surface area contributed by atoms with E-state index in [9.17, 15) is 14.0 Å². The second kappa shape index (κ2) is 3.94. The van der Waals surface area contributed by atoms with Gasteiger partial charge in [0, 0.05) is 0 Å². The van der Waals surface area contributed by atoms with E-state index in [-0.39, 0.29) is 6.29 Å². The molecule has 0 aromatic carbocycles. The Morgan fingerprint density at radius 2 is 2.30 bits per heavy atom. The monoisotopic (exact) mass is 149 g/mol. The van der Waals surface area contributed by atoms with Gasteiger partial charge in [0.25, 0.3) is 0 Å². The standard InChI is InChI=1S/C5H8FNO3/c6-3(1-5(9)10)4(7)2-8/h2-4H,1,7H2,(H,9,10)/t3?,4-/m1/s1. The fourth-order valence-corrected chi connectivity index (χ4v) is 0.388. The van der Waals surface area contributed by atoms with E-state index >= 15 is 0 Å². The van der Waals surface area contributed by atoms with Crippen LogP contribution in [-0.2, 0) is 9.59 Å². The normalized spacial score (nSPS) is 15.8. The van der Waals surface area contributed by atoms with E-state index in [0.29, 0.717) is 0 Å². The zero-order chi connectivity index (χ0) is 8.15. The molecule has 0 saturated carbocycles. The predicted octanol–water partition coefficient (Wildman–Crippen LogP) is -0.675. The minimum absolute atomic E-state index is 0.188. The van der Waals surface area contributed by atoms with E-state index in [1.807, 2.05) is 0 Å². The van der Waals surface area contributed by atoms with Crippen LogP contribution in [0.2, 0.25) is 0 Å². The fourth-order valence-electron chi connectivity index (χ4n) is 0.388. The molecule has 0 bridgehead atoms. The zero-order valence-electron chi connectivity index (χ0n) is 5.16. The average Bonchev–Trinajstić information content (AvgIpc) is 1.85. The molecule has 0 aromatic heterocycles. The molecule has 4 nitrogen and oxygen atoms in total. The molecule has 58 valence electrons. The second-order valence-corrected chi connectivity index (χ2v) is 1.83. The Morgan fingerprint density at radius 3 is 2.60 bits per heavy atom. The highest BCUT2D eigenvalue weighted by molar-refractivity contribution is 5.69. The molecule has 10 heavy (non-hydrogen) atoms. The Morgan fingerprint density at radius 1 is 1.80 bits per heavy atom. The van der Waals surface area contributed by atoms with Crippen LogP contribution in [-0.4, -0.2) is 29.6 Å². The van der Waals surface area contributed by atoms with Gasteiger partial charge in [-0.15, -0.1) is 0 Å². The van der Waals surface area contributed by atoms with Crippen molar-refractivity contribution >= 4 is 12.3 Å². The van der Waals surface area contributed by atoms with Gasteiger partial charge in [-0.2, -0.15) is 0 Å². The molecule has 0 fully saturated rings. The first-order chi connectivity index (χ1) is 4.57. The number of carbonyl (C=O) groups is 2. The lowest BCUT2D eigenvalue weighted by Crippen LogP contribution is -2.34. The van der Waals surface area contributed by atoms with Crippen LogP contribution in [0.3, 0.4) is 0 Å². The van der Waals surface area contributed by atoms with E-state index in [0.717, 1.165) is 0 Å². The van der Waals surface area contributed by atoms with Crippen molar-refractivity contribution in [1.29, 1.82) is 0 Å². The molecule has 0 spiro atoms. The minimum Gasteiger partial charge on any atom is -0.481 e. The van der Waals surface area contributed by atoms with Gasteiger partial charge in [0.1, 0.15) is 12.5 Å². The average molecular weight is 149 g/mol. The van der Waals surface area contributed by atoms with Crippen LogP contribution in [0.1, 0.15) is 6.42 Å². The summed E-state index contributed by atoms with van der Waals surface area (Å²) >= 11 is 0. The lowest BCUT2D eigenvalue weighted by molar-refractivity contribution is -0.138. The summed E-state index contributed by atoms with van der Waals surface area (Å²) in [6.45, 7) is 0. The van der Waals surface area contributed by atoms with Crippen LogP contribution in [0.25, 0.3) is 0 Å². The molecule has 1 unspecified atom stereocenters. The summed E-state index contributed by atoms with van der Waals surface area (Å²) in [5.41, 5.74) is 4.86. The number of carbonyl (C=O) groups excluding carboxylic acids is 1. The molecular weight excluding hydrogens is 141 g/mol. The smallest absolute Gasteiger partial charge is 0.306 e. The van der Waals surface area contributed by atoms with Gasteiger partial charge in [-0.25, -0.2) is 4.39 Å². The maximum Gasteiger partial charge on any atom is 0.306 e. The number of carboxylic acids is 1. The molecule has 2 atom stereocenters. The number of aliphatic carboxylic acids is 1. The van der Waals surface area contributed by atoms with Crippen molar-refractivity contribution in [3.63, 3.8) is 0 Å². The van der Waals surface area contributed by atoms with Gasteiger partial charge in [0.2, 0.25) is 0 Å². The topological polar surface area (TPSA) is 80.4 Å². The molecule has 0 heterocycles. The highest BCUT2D eigenvalue weighted by Crippen LogP contribution is 1.99. The number of hydrogen-bond donors (Lipinski definition) is 2. The lowest BCUT2D eigenvalue weighted by Gasteiger charge is -2.06. The number of rotatable bonds is 4. The van der Waals surface area contributed by atoms with Crippen molar-refractivity contribution in [2.75, 3.05) is 0 Å². The highest BCUT2D eigenvalue weighted by atomic mass is 19.1. The molecule has 0 aliphatic heterocycles. The third-order valence-corrected chi connectivity index (χ3v) is 0.944. The number of hydrogen-bond acceptors (Lipinski definition) is 3. The molecular formula is C5H8FNO3. The van der Waals surface area contributed by atoms with E-state index in [2.05, 4.69) is 0 Å². The van der Waals surface area contributed by atoms with Crippen molar-refractivity contribution in [3.8, 4) is 0 Å². The first-order valence-corrected chi connectivity index (χ1v) is 2.64. The Labute approximate surface area is 56.8 Å². The van der Waals surface area contributed by atoms with Crippen LogP contribution < -0.4 is 5.73 Å². The van der Waals surface area contributed by atoms with E-state index in [1.54, 1.807) is 0 Å². The summed E-state index contributed by atoms with van der Waals surface area (Å²) in [4.78, 5) is 19.6. The Hall–Kier alpha value is -0.970. The Bertz CT molecular complexity index is 139. The zero-order valence-corrected chi connectivity index (χ0v) is 5.16. The largest absolute Gasteiger partial charge is 0.481 e. The molecule has 0 aliphatic rings. The summed E-state index contributed by atoms with van der Waals surface area (Å²) in [5, 5.41) is 8.02. The lowest BCUT2D eigenvalue weighted by atomic mass is 10.1. The molecule has 0 amide bonds. The second-order valence-electron chi connectivity index (χ2n) is 1.83.